The number of aromatic amines is 1. The number of ketones is 1. The minimum Gasteiger partial charge on any atom is -0.358 e. The molecule has 0 aliphatic carbocycles. The van der Waals surface area contributed by atoms with E-state index in [1.165, 1.54) is 13.1 Å². The number of hydrogen-bond acceptors (Lipinski definition) is 2. The maximum atomic E-state index is 11.0. The van der Waals surface area contributed by atoms with E-state index >= 15 is 0 Å². The zero-order valence-corrected chi connectivity index (χ0v) is 7.72. The SMILES string of the molecule is CC(=O)c1cnc2c(Cl)c[nH]c2c1. The van der Waals surface area contributed by atoms with E-state index in [1.54, 1.807) is 12.3 Å². The molecule has 0 aliphatic rings. The number of hydrogen-bond donors (Lipinski definition) is 1. The molecular weight excluding hydrogens is 188 g/mol. The van der Waals surface area contributed by atoms with E-state index in [9.17, 15) is 4.79 Å². The number of aromatic nitrogens is 2. The number of Topliss-reactive ketones (excluding diaryl/α,β-unsaturated/α-hetero) is 1. The van der Waals surface area contributed by atoms with Crippen LogP contribution in [0, 0.1) is 0 Å². The first kappa shape index (κ1) is 8.26. The third-order valence-electron chi connectivity index (χ3n) is 1.87. The molecule has 66 valence electrons. The van der Waals surface area contributed by atoms with Gasteiger partial charge in [-0.1, -0.05) is 11.6 Å². The number of nitrogens with one attached hydrogen (secondary N) is 1. The molecule has 4 heteroatoms. The first-order valence-electron chi connectivity index (χ1n) is 3.82. The summed E-state index contributed by atoms with van der Waals surface area (Å²) in [6, 6.07) is 1.75. The quantitative estimate of drug-likeness (QED) is 0.709. The highest BCUT2D eigenvalue weighted by atomic mass is 35.5. The monoisotopic (exact) mass is 194 g/mol. The summed E-state index contributed by atoms with van der Waals surface area (Å²) in [5, 5.41) is 0.574. The molecule has 0 amide bonds. The second-order valence-corrected chi connectivity index (χ2v) is 3.22. The second-order valence-electron chi connectivity index (χ2n) is 2.81. The Morgan fingerprint density at radius 2 is 2.38 bits per heavy atom. The molecule has 0 spiro atoms. The van der Waals surface area contributed by atoms with Crippen LogP contribution in [-0.4, -0.2) is 15.8 Å². The molecule has 0 radical (unpaired) electrons. The van der Waals surface area contributed by atoms with Gasteiger partial charge >= 0.3 is 0 Å². The molecule has 0 saturated heterocycles. The van der Waals surface area contributed by atoms with Crippen LogP contribution in [0.2, 0.25) is 5.02 Å². The summed E-state index contributed by atoms with van der Waals surface area (Å²) in [6.07, 6.45) is 3.19. The lowest BCUT2D eigenvalue weighted by atomic mass is 10.2. The Bertz CT molecular complexity index is 475. The molecule has 0 unspecified atom stereocenters. The van der Waals surface area contributed by atoms with E-state index in [0.717, 1.165) is 5.52 Å². The van der Waals surface area contributed by atoms with E-state index in [-0.39, 0.29) is 5.78 Å². The fourth-order valence-electron chi connectivity index (χ4n) is 1.17. The van der Waals surface area contributed by atoms with Crippen molar-refractivity contribution >= 4 is 28.4 Å². The number of H-pyrrole nitrogens is 1. The molecule has 2 rings (SSSR count). The minimum absolute atomic E-state index is 0.000113. The lowest BCUT2D eigenvalue weighted by Crippen LogP contribution is -1.92. The highest BCUT2D eigenvalue weighted by molar-refractivity contribution is 6.35. The van der Waals surface area contributed by atoms with Gasteiger partial charge in [-0.05, 0) is 13.0 Å². The Hall–Kier alpha value is -1.35. The number of pyridine rings is 1. The van der Waals surface area contributed by atoms with Crippen molar-refractivity contribution in [3.05, 3.63) is 29.0 Å². The van der Waals surface area contributed by atoms with Gasteiger partial charge in [0.1, 0.15) is 5.52 Å². The molecule has 13 heavy (non-hydrogen) atoms. The first-order valence-corrected chi connectivity index (χ1v) is 4.20. The van der Waals surface area contributed by atoms with Gasteiger partial charge in [0.05, 0.1) is 10.5 Å². The summed E-state index contributed by atoms with van der Waals surface area (Å²) in [6.45, 7) is 1.51. The maximum absolute atomic E-state index is 11.0. The Labute approximate surface area is 79.7 Å². The standard InChI is InChI=1S/C9H7ClN2O/c1-5(13)6-2-8-9(12-3-6)7(10)4-11-8/h2-4,11H,1H3. The van der Waals surface area contributed by atoms with Gasteiger partial charge in [0.2, 0.25) is 0 Å². The fraction of sp³-hybridized carbons (Fsp3) is 0.111. The predicted octanol–water partition coefficient (Wildman–Crippen LogP) is 2.42. The van der Waals surface area contributed by atoms with Gasteiger partial charge in [-0.2, -0.15) is 0 Å². The van der Waals surface area contributed by atoms with Crippen LogP contribution in [0.15, 0.2) is 18.5 Å². The van der Waals surface area contributed by atoms with Gasteiger partial charge < -0.3 is 4.98 Å². The zero-order chi connectivity index (χ0) is 9.42. The topological polar surface area (TPSA) is 45.8 Å². The smallest absolute Gasteiger partial charge is 0.161 e. The Morgan fingerprint density at radius 3 is 3.08 bits per heavy atom. The number of halogens is 1. The van der Waals surface area contributed by atoms with E-state index < -0.39 is 0 Å². The molecule has 0 aromatic carbocycles. The summed E-state index contributed by atoms with van der Waals surface area (Å²) in [5.74, 6) is 0.000113. The molecular formula is C9H7ClN2O. The molecule has 2 aromatic rings. The van der Waals surface area contributed by atoms with Gasteiger partial charge in [0, 0.05) is 18.0 Å². The average molecular weight is 195 g/mol. The largest absolute Gasteiger partial charge is 0.358 e. The molecule has 1 N–H and O–H groups in total. The van der Waals surface area contributed by atoms with Crippen molar-refractivity contribution in [3.63, 3.8) is 0 Å². The van der Waals surface area contributed by atoms with Crippen molar-refractivity contribution in [2.24, 2.45) is 0 Å². The number of fused-ring (bicyclic) bond motifs is 1. The molecule has 0 aliphatic heterocycles. The zero-order valence-electron chi connectivity index (χ0n) is 6.97. The van der Waals surface area contributed by atoms with E-state index in [4.69, 9.17) is 11.6 Å². The summed E-state index contributed by atoms with van der Waals surface area (Å²) in [4.78, 5) is 18.0. The number of carbonyl (C=O) groups excluding carboxylic acids is 1. The first-order chi connectivity index (χ1) is 6.18. The van der Waals surface area contributed by atoms with Crippen LogP contribution >= 0.6 is 11.6 Å². The van der Waals surface area contributed by atoms with Crippen molar-refractivity contribution in [3.8, 4) is 0 Å². The lowest BCUT2D eigenvalue weighted by molar-refractivity contribution is 0.101. The van der Waals surface area contributed by atoms with Gasteiger partial charge in [0.25, 0.3) is 0 Å². The summed E-state index contributed by atoms with van der Waals surface area (Å²) >= 11 is 5.83. The van der Waals surface area contributed by atoms with Crippen molar-refractivity contribution in [2.75, 3.05) is 0 Å². The average Bonchev–Trinajstić information content (AvgIpc) is 2.47. The van der Waals surface area contributed by atoms with Crippen LogP contribution < -0.4 is 0 Å². The van der Waals surface area contributed by atoms with Crippen LogP contribution in [0.4, 0.5) is 0 Å². The number of carbonyl (C=O) groups is 1. The van der Waals surface area contributed by atoms with Crippen LogP contribution in [0.3, 0.4) is 0 Å². The van der Waals surface area contributed by atoms with Crippen LogP contribution in [0.5, 0.6) is 0 Å². The number of nitrogens with zero attached hydrogens (tertiary/aromatic N) is 1. The molecule has 0 atom stereocenters. The molecule has 2 heterocycles. The van der Waals surface area contributed by atoms with Crippen LogP contribution in [0.25, 0.3) is 11.0 Å². The Kier molecular flexibility index (Phi) is 1.81. The van der Waals surface area contributed by atoms with Crippen LogP contribution in [0.1, 0.15) is 17.3 Å². The van der Waals surface area contributed by atoms with Gasteiger partial charge in [-0.3, -0.25) is 9.78 Å². The maximum Gasteiger partial charge on any atom is 0.161 e. The third kappa shape index (κ3) is 1.31. The molecule has 3 nitrogen and oxygen atoms in total. The second kappa shape index (κ2) is 2.85. The van der Waals surface area contributed by atoms with Crippen molar-refractivity contribution in [1.29, 1.82) is 0 Å². The van der Waals surface area contributed by atoms with Gasteiger partial charge in [0.15, 0.2) is 5.78 Å². The van der Waals surface area contributed by atoms with E-state index in [1.807, 2.05) is 0 Å². The summed E-state index contributed by atoms with van der Waals surface area (Å²) in [5.41, 5.74) is 2.08. The van der Waals surface area contributed by atoms with Crippen molar-refractivity contribution < 1.29 is 4.79 Å². The van der Waals surface area contributed by atoms with Crippen molar-refractivity contribution in [1.82, 2.24) is 9.97 Å². The third-order valence-corrected chi connectivity index (χ3v) is 2.16. The highest BCUT2D eigenvalue weighted by Crippen LogP contribution is 2.20. The van der Waals surface area contributed by atoms with Gasteiger partial charge in [-0.15, -0.1) is 0 Å². The molecule has 0 bridgehead atoms. The van der Waals surface area contributed by atoms with E-state index in [0.29, 0.717) is 16.1 Å². The summed E-state index contributed by atoms with van der Waals surface area (Å²) < 4.78 is 0. The fourth-order valence-corrected chi connectivity index (χ4v) is 1.37. The van der Waals surface area contributed by atoms with Crippen LogP contribution in [-0.2, 0) is 0 Å². The molecule has 0 saturated carbocycles. The highest BCUT2D eigenvalue weighted by Gasteiger charge is 2.05. The number of rotatable bonds is 1. The lowest BCUT2D eigenvalue weighted by Gasteiger charge is -1.94. The Morgan fingerprint density at radius 1 is 1.62 bits per heavy atom. The molecule has 2 aromatic heterocycles. The normalized spacial score (nSPS) is 10.6. The van der Waals surface area contributed by atoms with Gasteiger partial charge in [-0.25, -0.2) is 0 Å². The minimum atomic E-state index is 0.000113. The Balaban J connectivity index is 2.70. The predicted molar refractivity (Wildman–Crippen MR) is 51.1 cm³/mol. The van der Waals surface area contributed by atoms with E-state index in [2.05, 4.69) is 9.97 Å². The molecule has 0 fully saturated rings. The van der Waals surface area contributed by atoms with Crippen molar-refractivity contribution in [2.45, 2.75) is 6.92 Å². The summed E-state index contributed by atoms with van der Waals surface area (Å²) in [7, 11) is 0.